The molecule has 118 valence electrons. The van der Waals surface area contributed by atoms with Crippen molar-refractivity contribution < 1.29 is 9.47 Å². The minimum atomic E-state index is -0.0137. The van der Waals surface area contributed by atoms with Crippen LogP contribution in [0, 0.1) is 0 Å². The highest BCUT2D eigenvalue weighted by Crippen LogP contribution is 2.34. The van der Waals surface area contributed by atoms with Crippen molar-refractivity contribution in [2.75, 3.05) is 32.8 Å². The van der Waals surface area contributed by atoms with Gasteiger partial charge in [-0.3, -0.25) is 0 Å². The minimum absolute atomic E-state index is 0.0137. The normalized spacial score (nSPS) is 15.8. The van der Waals surface area contributed by atoms with Crippen LogP contribution in [0.25, 0.3) is 0 Å². The van der Waals surface area contributed by atoms with Gasteiger partial charge in [0.1, 0.15) is 0 Å². The summed E-state index contributed by atoms with van der Waals surface area (Å²) in [6.07, 6.45) is 3.24. The number of hydrogen-bond donors (Lipinski definition) is 0. The molecule has 0 aliphatic carbocycles. The van der Waals surface area contributed by atoms with E-state index in [-0.39, 0.29) is 5.38 Å². The second-order valence-electron chi connectivity index (χ2n) is 5.52. The van der Waals surface area contributed by atoms with Crippen molar-refractivity contribution in [2.24, 2.45) is 0 Å². The molecule has 1 aliphatic heterocycles. The van der Waals surface area contributed by atoms with Gasteiger partial charge in [0.05, 0.1) is 18.6 Å². The highest BCUT2D eigenvalue weighted by atomic mass is 35.5. The lowest BCUT2D eigenvalue weighted by Crippen LogP contribution is -2.28. The van der Waals surface area contributed by atoms with Crippen molar-refractivity contribution in [3.05, 3.63) is 23.8 Å². The molecule has 1 heterocycles. The Morgan fingerprint density at radius 1 is 1.10 bits per heavy atom. The Morgan fingerprint density at radius 3 is 2.43 bits per heavy atom. The predicted octanol–water partition coefficient (Wildman–Crippen LogP) is 4.25. The van der Waals surface area contributed by atoms with Crippen LogP contribution in [0.3, 0.4) is 0 Å². The number of hydrogen-bond acceptors (Lipinski definition) is 3. The van der Waals surface area contributed by atoms with Crippen LogP contribution in [0.5, 0.6) is 11.5 Å². The molecule has 1 aromatic carbocycles. The number of ether oxygens (including phenoxy) is 2. The van der Waals surface area contributed by atoms with Crippen LogP contribution in [-0.4, -0.2) is 37.7 Å². The Balaban J connectivity index is 2.04. The number of rotatable bonds is 7. The number of nitrogens with zero attached hydrogens (tertiary/aromatic N) is 1. The molecule has 0 fully saturated rings. The van der Waals surface area contributed by atoms with Crippen LogP contribution < -0.4 is 9.47 Å². The van der Waals surface area contributed by atoms with E-state index in [1.54, 1.807) is 0 Å². The second-order valence-corrected chi connectivity index (χ2v) is 6.05. The van der Waals surface area contributed by atoms with Crippen LogP contribution in [0.2, 0.25) is 0 Å². The van der Waals surface area contributed by atoms with Gasteiger partial charge >= 0.3 is 0 Å². The molecule has 1 unspecified atom stereocenters. The summed E-state index contributed by atoms with van der Waals surface area (Å²) >= 11 is 6.62. The molecule has 3 nitrogen and oxygen atoms in total. The van der Waals surface area contributed by atoms with Crippen molar-refractivity contribution >= 4 is 11.6 Å². The van der Waals surface area contributed by atoms with E-state index in [1.807, 2.05) is 12.1 Å². The number of fused-ring (bicyclic) bond motifs is 1. The number of benzene rings is 1. The first kappa shape index (κ1) is 16.4. The van der Waals surface area contributed by atoms with E-state index in [4.69, 9.17) is 21.1 Å². The van der Waals surface area contributed by atoms with E-state index >= 15 is 0 Å². The average Bonchev–Trinajstić information content (AvgIpc) is 2.72. The Labute approximate surface area is 133 Å². The second kappa shape index (κ2) is 8.50. The molecular formula is C17H26ClNO2. The Morgan fingerprint density at radius 2 is 1.76 bits per heavy atom. The molecule has 0 amide bonds. The Hall–Kier alpha value is -0.930. The van der Waals surface area contributed by atoms with Crippen molar-refractivity contribution in [1.82, 2.24) is 4.90 Å². The Kier molecular flexibility index (Phi) is 6.65. The van der Waals surface area contributed by atoms with E-state index in [2.05, 4.69) is 24.8 Å². The number of halogens is 1. The molecule has 0 radical (unpaired) electrons. The Bertz CT molecular complexity index is 433. The van der Waals surface area contributed by atoms with Gasteiger partial charge in [-0.15, -0.1) is 11.6 Å². The fourth-order valence-electron chi connectivity index (χ4n) is 2.63. The van der Waals surface area contributed by atoms with Crippen LogP contribution in [-0.2, 0) is 0 Å². The molecule has 0 saturated carbocycles. The zero-order chi connectivity index (χ0) is 15.1. The number of alkyl halides is 1. The summed E-state index contributed by atoms with van der Waals surface area (Å²) in [5, 5.41) is -0.0137. The highest BCUT2D eigenvalue weighted by molar-refractivity contribution is 6.21. The molecule has 1 aromatic rings. The van der Waals surface area contributed by atoms with Crippen molar-refractivity contribution in [2.45, 2.75) is 38.5 Å². The molecule has 1 atom stereocenters. The fourth-order valence-corrected chi connectivity index (χ4v) is 2.96. The first-order valence-electron chi connectivity index (χ1n) is 8.00. The fraction of sp³-hybridized carbons (Fsp3) is 0.647. The molecule has 21 heavy (non-hydrogen) atoms. The van der Waals surface area contributed by atoms with Gasteiger partial charge in [0.25, 0.3) is 0 Å². The lowest BCUT2D eigenvalue weighted by atomic mass is 10.1. The summed E-state index contributed by atoms with van der Waals surface area (Å²) in [5.41, 5.74) is 1.11. The van der Waals surface area contributed by atoms with Gasteiger partial charge in [0.2, 0.25) is 0 Å². The summed E-state index contributed by atoms with van der Waals surface area (Å²) in [6.45, 7) is 8.92. The molecule has 1 aliphatic rings. The third kappa shape index (κ3) is 4.79. The first-order chi connectivity index (χ1) is 10.2. The molecule has 2 rings (SSSR count). The van der Waals surface area contributed by atoms with Crippen LogP contribution >= 0.6 is 11.6 Å². The summed E-state index contributed by atoms with van der Waals surface area (Å²) in [7, 11) is 0. The maximum absolute atomic E-state index is 6.62. The summed E-state index contributed by atoms with van der Waals surface area (Å²) in [5.74, 6) is 1.66. The molecule has 0 N–H and O–H groups in total. The summed E-state index contributed by atoms with van der Waals surface area (Å²) in [4.78, 5) is 2.43. The third-order valence-electron chi connectivity index (χ3n) is 3.63. The zero-order valence-corrected chi connectivity index (χ0v) is 13.9. The summed E-state index contributed by atoms with van der Waals surface area (Å²) in [6, 6.07) is 6.07. The van der Waals surface area contributed by atoms with Crippen LogP contribution in [0.4, 0.5) is 0 Å². The van der Waals surface area contributed by atoms with Crippen molar-refractivity contribution in [3.63, 3.8) is 0 Å². The lowest BCUT2D eigenvalue weighted by molar-refractivity contribution is 0.274. The van der Waals surface area contributed by atoms with Gasteiger partial charge < -0.3 is 14.4 Å². The van der Waals surface area contributed by atoms with Gasteiger partial charge in [0.15, 0.2) is 11.5 Å². The van der Waals surface area contributed by atoms with E-state index in [9.17, 15) is 0 Å². The SMILES string of the molecule is CCCN(CCC)CC(Cl)c1ccc2c(c1)OCCCO2. The predicted molar refractivity (Wildman–Crippen MR) is 87.7 cm³/mol. The molecule has 0 aromatic heterocycles. The largest absolute Gasteiger partial charge is 0.490 e. The van der Waals surface area contributed by atoms with E-state index in [1.165, 1.54) is 0 Å². The maximum atomic E-state index is 6.62. The topological polar surface area (TPSA) is 21.7 Å². The lowest BCUT2D eigenvalue weighted by Gasteiger charge is -2.24. The monoisotopic (exact) mass is 311 g/mol. The minimum Gasteiger partial charge on any atom is -0.490 e. The van der Waals surface area contributed by atoms with Gasteiger partial charge in [-0.05, 0) is 43.6 Å². The summed E-state index contributed by atoms with van der Waals surface area (Å²) < 4.78 is 11.4. The van der Waals surface area contributed by atoms with Gasteiger partial charge in [-0.1, -0.05) is 19.9 Å². The highest BCUT2D eigenvalue weighted by Gasteiger charge is 2.17. The van der Waals surface area contributed by atoms with Gasteiger partial charge in [-0.2, -0.15) is 0 Å². The van der Waals surface area contributed by atoms with Gasteiger partial charge in [-0.25, -0.2) is 0 Å². The first-order valence-corrected chi connectivity index (χ1v) is 8.44. The van der Waals surface area contributed by atoms with Gasteiger partial charge in [0, 0.05) is 13.0 Å². The zero-order valence-electron chi connectivity index (χ0n) is 13.1. The average molecular weight is 312 g/mol. The molecule has 4 heteroatoms. The standard InChI is InChI=1S/C17H26ClNO2/c1-3-8-19(9-4-2)13-15(18)14-6-7-16-17(12-14)21-11-5-10-20-16/h6-7,12,15H,3-5,8-11,13H2,1-2H3. The quantitative estimate of drug-likeness (QED) is 0.703. The smallest absolute Gasteiger partial charge is 0.161 e. The molecular weight excluding hydrogens is 286 g/mol. The third-order valence-corrected chi connectivity index (χ3v) is 4.02. The van der Waals surface area contributed by atoms with Crippen molar-refractivity contribution in [1.29, 1.82) is 0 Å². The van der Waals surface area contributed by atoms with Crippen molar-refractivity contribution in [3.8, 4) is 11.5 Å². The van der Waals surface area contributed by atoms with E-state index in [0.717, 1.165) is 62.6 Å². The van der Waals surface area contributed by atoms with Crippen LogP contribution in [0.15, 0.2) is 18.2 Å². The maximum Gasteiger partial charge on any atom is 0.161 e. The van der Waals surface area contributed by atoms with E-state index in [0.29, 0.717) is 6.61 Å². The van der Waals surface area contributed by atoms with Crippen LogP contribution in [0.1, 0.15) is 44.1 Å². The molecule has 0 spiro atoms. The molecule has 0 saturated heterocycles. The molecule has 0 bridgehead atoms. The van der Waals surface area contributed by atoms with E-state index < -0.39 is 0 Å².